The number of aliphatic carboxylic acids is 1. The molecular formula is C13H16O5. The lowest BCUT2D eigenvalue weighted by atomic mass is 10.1. The Bertz CT molecular complexity index is 441. The molecule has 0 amide bonds. The summed E-state index contributed by atoms with van der Waals surface area (Å²) in [6.45, 7) is 1.18. The molecule has 0 radical (unpaired) electrons. The molecular weight excluding hydrogens is 236 g/mol. The topological polar surface area (TPSA) is 65.0 Å². The minimum absolute atomic E-state index is 0.0379. The second-order valence-electron chi connectivity index (χ2n) is 4.02. The highest BCUT2D eigenvalue weighted by atomic mass is 16.5. The first-order valence-electron chi connectivity index (χ1n) is 5.89. The molecule has 0 saturated heterocycles. The number of hydrogen-bond acceptors (Lipinski definition) is 4. The predicted molar refractivity (Wildman–Crippen MR) is 64.6 cm³/mol. The normalized spacial score (nSPS) is 13.8. The Hall–Kier alpha value is -1.91. The quantitative estimate of drug-likeness (QED) is 0.886. The third kappa shape index (κ3) is 2.67. The predicted octanol–water partition coefficient (Wildman–Crippen LogP) is 1.87. The molecule has 0 fully saturated rings. The Morgan fingerprint density at radius 3 is 2.89 bits per heavy atom. The monoisotopic (exact) mass is 252 g/mol. The molecule has 1 aromatic rings. The highest BCUT2D eigenvalue weighted by Crippen LogP contribution is 2.39. The first-order chi connectivity index (χ1) is 8.72. The largest absolute Gasteiger partial charge is 0.496 e. The summed E-state index contributed by atoms with van der Waals surface area (Å²) in [6.07, 6.45) is 1.22. The molecule has 0 atom stereocenters. The van der Waals surface area contributed by atoms with E-state index in [2.05, 4.69) is 0 Å². The van der Waals surface area contributed by atoms with E-state index in [1.807, 2.05) is 0 Å². The van der Waals surface area contributed by atoms with Gasteiger partial charge in [-0.05, 0) is 18.6 Å². The van der Waals surface area contributed by atoms with E-state index in [1.165, 1.54) is 0 Å². The first-order valence-corrected chi connectivity index (χ1v) is 5.89. The number of carbonyl (C=O) groups is 1. The van der Waals surface area contributed by atoms with Gasteiger partial charge in [0.25, 0.3) is 0 Å². The average molecular weight is 252 g/mol. The third-order valence-corrected chi connectivity index (χ3v) is 2.78. The van der Waals surface area contributed by atoms with Gasteiger partial charge in [0.05, 0.1) is 20.3 Å². The van der Waals surface area contributed by atoms with Crippen molar-refractivity contribution in [2.75, 3.05) is 20.3 Å². The van der Waals surface area contributed by atoms with Crippen LogP contribution in [0.3, 0.4) is 0 Å². The molecule has 5 nitrogen and oxygen atoms in total. The standard InChI is InChI=1S/C13H16O5/c1-16-10-4-5-11-13(18-8-2-7-17-11)9(10)3-6-12(14)15/h4-5H,2-3,6-8H2,1H3,(H,14,15). The van der Waals surface area contributed by atoms with E-state index < -0.39 is 5.97 Å². The molecule has 1 aliphatic rings. The molecule has 1 heterocycles. The fourth-order valence-electron chi connectivity index (χ4n) is 1.94. The summed E-state index contributed by atoms with van der Waals surface area (Å²) in [5, 5.41) is 8.79. The van der Waals surface area contributed by atoms with Gasteiger partial charge >= 0.3 is 5.97 Å². The highest BCUT2D eigenvalue weighted by Gasteiger charge is 2.19. The molecule has 0 unspecified atom stereocenters. The smallest absolute Gasteiger partial charge is 0.303 e. The number of hydrogen-bond donors (Lipinski definition) is 1. The van der Waals surface area contributed by atoms with E-state index in [0.29, 0.717) is 36.9 Å². The van der Waals surface area contributed by atoms with E-state index in [-0.39, 0.29) is 6.42 Å². The Kier molecular flexibility index (Phi) is 3.92. The molecule has 0 saturated carbocycles. The number of fused-ring (bicyclic) bond motifs is 1. The number of methoxy groups -OCH3 is 1. The lowest BCUT2D eigenvalue weighted by Gasteiger charge is -2.15. The molecule has 18 heavy (non-hydrogen) atoms. The molecule has 1 aromatic carbocycles. The van der Waals surface area contributed by atoms with Gasteiger partial charge < -0.3 is 19.3 Å². The van der Waals surface area contributed by atoms with Crippen LogP contribution in [0.1, 0.15) is 18.4 Å². The van der Waals surface area contributed by atoms with Crippen LogP contribution in [0.2, 0.25) is 0 Å². The first kappa shape index (κ1) is 12.5. The lowest BCUT2D eigenvalue weighted by Crippen LogP contribution is -2.03. The van der Waals surface area contributed by atoms with Crippen LogP contribution in [0.25, 0.3) is 0 Å². The van der Waals surface area contributed by atoms with Gasteiger partial charge in [-0.3, -0.25) is 4.79 Å². The minimum atomic E-state index is -0.843. The van der Waals surface area contributed by atoms with Gasteiger partial charge in [0, 0.05) is 18.4 Å². The molecule has 1 aliphatic heterocycles. The van der Waals surface area contributed by atoms with Crippen molar-refractivity contribution in [3.05, 3.63) is 17.7 Å². The van der Waals surface area contributed by atoms with Crippen LogP contribution in [0, 0.1) is 0 Å². The summed E-state index contributed by atoms with van der Waals surface area (Å²) in [5.74, 6) is 1.08. The van der Waals surface area contributed by atoms with Gasteiger partial charge in [0.2, 0.25) is 0 Å². The molecule has 0 aromatic heterocycles. The minimum Gasteiger partial charge on any atom is -0.496 e. The summed E-state index contributed by atoms with van der Waals surface area (Å²) < 4.78 is 16.5. The fraction of sp³-hybridized carbons (Fsp3) is 0.462. The van der Waals surface area contributed by atoms with E-state index in [9.17, 15) is 4.79 Å². The number of rotatable bonds is 4. The molecule has 5 heteroatoms. The van der Waals surface area contributed by atoms with E-state index >= 15 is 0 Å². The third-order valence-electron chi connectivity index (χ3n) is 2.78. The van der Waals surface area contributed by atoms with Crippen molar-refractivity contribution in [2.24, 2.45) is 0 Å². The molecule has 0 spiro atoms. The number of carboxylic acids is 1. The Labute approximate surface area is 105 Å². The zero-order chi connectivity index (χ0) is 13.0. The lowest BCUT2D eigenvalue weighted by molar-refractivity contribution is -0.136. The second-order valence-corrected chi connectivity index (χ2v) is 4.02. The van der Waals surface area contributed by atoms with Crippen molar-refractivity contribution in [2.45, 2.75) is 19.3 Å². The van der Waals surface area contributed by atoms with Gasteiger partial charge in [-0.25, -0.2) is 0 Å². The van der Waals surface area contributed by atoms with Crippen molar-refractivity contribution in [1.29, 1.82) is 0 Å². The number of ether oxygens (including phenoxy) is 3. The molecule has 1 N–H and O–H groups in total. The number of carboxylic acid groups (broad SMARTS) is 1. The Morgan fingerprint density at radius 1 is 1.39 bits per heavy atom. The van der Waals surface area contributed by atoms with E-state index in [0.717, 1.165) is 12.0 Å². The maximum atomic E-state index is 10.7. The zero-order valence-corrected chi connectivity index (χ0v) is 10.3. The summed E-state index contributed by atoms with van der Waals surface area (Å²) in [7, 11) is 1.56. The van der Waals surface area contributed by atoms with Crippen LogP contribution in [-0.4, -0.2) is 31.4 Å². The van der Waals surface area contributed by atoms with E-state index in [1.54, 1.807) is 19.2 Å². The van der Waals surface area contributed by atoms with Crippen molar-refractivity contribution >= 4 is 5.97 Å². The van der Waals surface area contributed by atoms with Gasteiger partial charge in [-0.1, -0.05) is 0 Å². The average Bonchev–Trinajstić information content (AvgIpc) is 2.60. The van der Waals surface area contributed by atoms with Crippen LogP contribution in [-0.2, 0) is 11.2 Å². The maximum Gasteiger partial charge on any atom is 0.303 e. The Balaban J connectivity index is 2.35. The fourth-order valence-corrected chi connectivity index (χ4v) is 1.94. The second kappa shape index (κ2) is 5.62. The van der Waals surface area contributed by atoms with Crippen molar-refractivity contribution < 1.29 is 24.1 Å². The van der Waals surface area contributed by atoms with Crippen molar-refractivity contribution in [1.82, 2.24) is 0 Å². The van der Waals surface area contributed by atoms with E-state index in [4.69, 9.17) is 19.3 Å². The number of benzene rings is 1. The highest BCUT2D eigenvalue weighted by molar-refractivity contribution is 5.68. The van der Waals surface area contributed by atoms with Crippen LogP contribution < -0.4 is 14.2 Å². The molecule has 98 valence electrons. The van der Waals surface area contributed by atoms with Gasteiger partial charge in [0.15, 0.2) is 11.5 Å². The van der Waals surface area contributed by atoms with Crippen LogP contribution in [0.4, 0.5) is 0 Å². The SMILES string of the molecule is COc1ccc2c(c1CCC(=O)O)OCCCO2. The summed E-state index contributed by atoms with van der Waals surface area (Å²) in [5.41, 5.74) is 0.763. The molecule has 0 bridgehead atoms. The molecule has 2 rings (SSSR count). The van der Waals surface area contributed by atoms with Crippen molar-refractivity contribution in [3.8, 4) is 17.2 Å². The summed E-state index contributed by atoms with van der Waals surface area (Å²) in [6, 6.07) is 3.58. The van der Waals surface area contributed by atoms with Crippen LogP contribution >= 0.6 is 0 Å². The zero-order valence-electron chi connectivity index (χ0n) is 10.3. The van der Waals surface area contributed by atoms with Crippen molar-refractivity contribution in [3.63, 3.8) is 0 Å². The summed E-state index contributed by atoms with van der Waals surface area (Å²) >= 11 is 0. The summed E-state index contributed by atoms with van der Waals surface area (Å²) in [4.78, 5) is 10.7. The van der Waals surface area contributed by atoms with Crippen LogP contribution in [0.5, 0.6) is 17.2 Å². The van der Waals surface area contributed by atoms with Gasteiger partial charge in [-0.15, -0.1) is 0 Å². The molecule has 0 aliphatic carbocycles. The Morgan fingerprint density at radius 2 is 2.17 bits per heavy atom. The maximum absolute atomic E-state index is 10.7. The van der Waals surface area contributed by atoms with Gasteiger partial charge in [0.1, 0.15) is 5.75 Å². The van der Waals surface area contributed by atoms with Gasteiger partial charge in [-0.2, -0.15) is 0 Å². The van der Waals surface area contributed by atoms with Crippen LogP contribution in [0.15, 0.2) is 12.1 Å².